The van der Waals surface area contributed by atoms with Gasteiger partial charge in [-0.05, 0) is 18.2 Å². The number of halogens is 1. The Kier molecular flexibility index (Phi) is 3.66. The molecular formula is C16H11BrN2O2. The number of fused-ring (bicyclic) bond motifs is 1. The van der Waals surface area contributed by atoms with E-state index in [1.54, 1.807) is 24.3 Å². The first-order valence-corrected chi connectivity index (χ1v) is 7.18. The third kappa shape index (κ3) is 2.64. The number of Topliss-reactive ketones (excluding diaryl/α,β-unsaturated/α-hetero) is 1. The molecular weight excluding hydrogens is 332 g/mol. The van der Waals surface area contributed by atoms with Gasteiger partial charge in [0.15, 0.2) is 5.78 Å². The van der Waals surface area contributed by atoms with E-state index in [1.165, 1.54) is 10.8 Å². The Labute approximate surface area is 129 Å². The second-order valence-corrected chi connectivity index (χ2v) is 5.43. The Morgan fingerprint density at radius 1 is 1.10 bits per heavy atom. The van der Waals surface area contributed by atoms with E-state index >= 15 is 0 Å². The van der Waals surface area contributed by atoms with Gasteiger partial charge in [-0.1, -0.05) is 46.3 Å². The standard InChI is InChI=1S/C16H11BrN2O2/c17-12-6-2-1-5-11(12)15(20)10-19-14-8-4-3-7-13(14)18-9-16(19)21/h1-9H,10H2. The van der Waals surface area contributed by atoms with E-state index in [0.717, 1.165) is 4.47 Å². The maximum Gasteiger partial charge on any atom is 0.269 e. The van der Waals surface area contributed by atoms with Crippen LogP contribution in [0.1, 0.15) is 10.4 Å². The zero-order chi connectivity index (χ0) is 14.8. The molecule has 0 aliphatic carbocycles. The van der Waals surface area contributed by atoms with E-state index in [1.807, 2.05) is 24.3 Å². The van der Waals surface area contributed by atoms with Crippen molar-refractivity contribution in [3.8, 4) is 0 Å². The quantitative estimate of drug-likeness (QED) is 0.687. The maximum atomic E-state index is 12.4. The van der Waals surface area contributed by atoms with E-state index in [0.29, 0.717) is 16.6 Å². The highest BCUT2D eigenvalue weighted by Gasteiger charge is 2.12. The number of carbonyl (C=O) groups is 1. The first kappa shape index (κ1) is 13.7. The summed E-state index contributed by atoms with van der Waals surface area (Å²) in [7, 11) is 0. The van der Waals surface area contributed by atoms with Crippen LogP contribution in [0.4, 0.5) is 0 Å². The fraction of sp³-hybridized carbons (Fsp3) is 0.0625. The van der Waals surface area contributed by atoms with Crippen LogP contribution in [0, 0.1) is 0 Å². The molecule has 1 aromatic heterocycles. The minimum atomic E-state index is -0.283. The number of ketones is 1. The highest BCUT2D eigenvalue weighted by atomic mass is 79.9. The lowest BCUT2D eigenvalue weighted by atomic mass is 10.1. The normalized spacial score (nSPS) is 10.7. The Balaban J connectivity index is 2.06. The Hall–Kier alpha value is -2.27. The minimum Gasteiger partial charge on any atom is -0.298 e. The number of hydrogen-bond acceptors (Lipinski definition) is 3. The maximum absolute atomic E-state index is 12.4. The Morgan fingerprint density at radius 2 is 1.81 bits per heavy atom. The van der Waals surface area contributed by atoms with Gasteiger partial charge in [0.2, 0.25) is 0 Å². The fourth-order valence-corrected chi connectivity index (χ4v) is 2.70. The molecule has 0 spiro atoms. The summed E-state index contributed by atoms with van der Waals surface area (Å²) in [6, 6.07) is 14.5. The van der Waals surface area contributed by atoms with Crippen LogP contribution in [-0.4, -0.2) is 15.3 Å². The van der Waals surface area contributed by atoms with Crippen molar-refractivity contribution in [3.63, 3.8) is 0 Å². The molecule has 0 unspecified atom stereocenters. The van der Waals surface area contributed by atoms with E-state index in [9.17, 15) is 9.59 Å². The third-order valence-electron chi connectivity index (χ3n) is 3.23. The zero-order valence-electron chi connectivity index (χ0n) is 11.0. The van der Waals surface area contributed by atoms with Crippen molar-refractivity contribution in [2.45, 2.75) is 6.54 Å². The SMILES string of the molecule is O=C(Cn1c(=O)cnc2ccccc21)c1ccccc1Br. The molecule has 104 valence electrons. The van der Waals surface area contributed by atoms with Gasteiger partial charge in [0.1, 0.15) is 0 Å². The highest BCUT2D eigenvalue weighted by Crippen LogP contribution is 2.17. The number of carbonyl (C=O) groups excluding carboxylic acids is 1. The first-order chi connectivity index (χ1) is 10.2. The van der Waals surface area contributed by atoms with Crippen molar-refractivity contribution in [3.05, 3.63) is 75.1 Å². The second kappa shape index (κ2) is 5.61. The lowest BCUT2D eigenvalue weighted by Crippen LogP contribution is -2.24. The summed E-state index contributed by atoms with van der Waals surface area (Å²) in [5.74, 6) is -0.124. The van der Waals surface area contributed by atoms with Crippen molar-refractivity contribution in [1.29, 1.82) is 0 Å². The summed E-state index contributed by atoms with van der Waals surface area (Å²) >= 11 is 3.36. The van der Waals surface area contributed by atoms with Gasteiger partial charge >= 0.3 is 0 Å². The number of rotatable bonds is 3. The van der Waals surface area contributed by atoms with E-state index in [2.05, 4.69) is 20.9 Å². The van der Waals surface area contributed by atoms with Crippen LogP contribution in [-0.2, 0) is 6.54 Å². The Morgan fingerprint density at radius 3 is 2.62 bits per heavy atom. The van der Waals surface area contributed by atoms with Gasteiger partial charge in [-0.3, -0.25) is 14.2 Å². The van der Waals surface area contributed by atoms with Crippen LogP contribution in [0.25, 0.3) is 11.0 Å². The van der Waals surface area contributed by atoms with E-state index in [-0.39, 0.29) is 17.9 Å². The zero-order valence-corrected chi connectivity index (χ0v) is 12.6. The van der Waals surface area contributed by atoms with Crippen molar-refractivity contribution in [2.75, 3.05) is 0 Å². The van der Waals surface area contributed by atoms with Gasteiger partial charge in [0.25, 0.3) is 5.56 Å². The molecule has 2 aromatic carbocycles. The van der Waals surface area contributed by atoms with Gasteiger partial charge in [-0.25, -0.2) is 4.98 Å². The Bertz CT molecular complexity index is 887. The van der Waals surface area contributed by atoms with Crippen LogP contribution in [0.5, 0.6) is 0 Å². The fourth-order valence-electron chi connectivity index (χ4n) is 2.19. The van der Waals surface area contributed by atoms with Crippen molar-refractivity contribution in [1.82, 2.24) is 9.55 Å². The number of aromatic nitrogens is 2. The molecule has 0 saturated carbocycles. The highest BCUT2D eigenvalue weighted by molar-refractivity contribution is 9.10. The lowest BCUT2D eigenvalue weighted by Gasteiger charge is -2.09. The number of benzene rings is 2. The molecule has 3 aromatic rings. The van der Waals surface area contributed by atoms with Crippen LogP contribution < -0.4 is 5.56 Å². The minimum absolute atomic E-state index is 0.00944. The summed E-state index contributed by atoms with van der Waals surface area (Å²) < 4.78 is 2.17. The van der Waals surface area contributed by atoms with Crippen molar-refractivity contribution >= 4 is 32.7 Å². The predicted molar refractivity (Wildman–Crippen MR) is 84.5 cm³/mol. The van der Waals surface area contributed by atoms with Crippen LogP contribution in [0.15, 0.2) is 64.0 Å². The second-order valence-electron chi connectivity index (χ2n) is 4.57. The molecule has 4 nitrogen and oxygen atoms in total. The van der Waals surface area contributed by atoms with Gasteiger partial charge in [-0.2, -0.15) is 0 Å². The third-order valence-corrected chi connectivity index (χ3v) is 3.92. The number of hydrogen-bond donors (Lipinski definition) is 0. The average Bonchev–Trinajstić information content (AvgIpc) is 2.50. The molecule has 0 fully saturated rings. The van der Waals surface area contributed by atoms with E-state index in [4.69, 9.17) is 0 Å². The molecule has 0 N–H and O–H groups in total. The summed E-state index contributed by atoms with van der Waals surface area (Å²) in [6.07, 6.45) is 1.25. The average molecular weight is 343 g/mol. The van der Waals surface area contributed by atoms with Crippen LogP contribution in [0.2, 0.25) is 0 Å². The molecule has 1 heterocycles. The summed E-state index contributed by atoms with van der Waals surface area (Å²) in [5.41, 5.74) is 1.63. The summed E-state index contributed by atoms with van der Waals surface area (Å²) in [5, 5.41) is 0. The van der Waals surface area contributed by atoms with Crippen molar-refractivity contribution in [2.24, 2.45) is 0 Å². The monoisotopic (exact) mass is 342 g/mol. The first-order valence-electron chi connectivity index (χ1n) is 6.39. The number of nitrogens with zero attached hydrogens (tertiary/aromatic N) is 2. The molecule has 0 aliphatic heterocycles. The lowest BCUT2D eigenvalue weighted by molar-refractivity contribution is 0.0971. The predicted octanol–water partition coefficient (Wildman–Crippen LogP) is 3.04. The van der Waals surface area contributed by atoms with Crippen molar-refractivity contribution < 1.29 is 4.79 Å². The van der Waals surface area contributed by atoms with Crippen LogP contribution >= 0.6 is 15.9 Å². The smallest absolute Gasteiger partial charge is 0.269 e. The molecule has 0 aliphatic rings. The summed E-state index contributed by atoms with van der Waals surface area (Å²) in [6.45, 7) is -0.00944. The van der Waals surface area contributed by atoms with Gasteiger partial charge in [-0.15, -0.1) is 0 Å². The van der Waals surface area contributed by atoms with Crippen LogP contribution in [0.3, 0.4) is 0 Å². The van der Waals surface area contributed by atoms with Gasteiger partial charge < -0.3 is 0 Å². The molecule has 0 amide bonds. The van der Waals surface area contributed by atoms with Gasteiger partial charge in [0, 0.05) is 10.0 Å². The molecule has 3 rings (SSSR count). The molecule has 0 atom stereocenters. The largest absolute Gasteiger partial charge is 0.298 e. The van der Waals surface area contributed by atoms with E-state index < -0.39 is 0 Å². The summed E-state index contributed by atoms with van der Waals surface area (Å²) in [4.78, 5) is 28.5. The molecule has 5 heteroatoms. The number of para-hydroxylation sites is 2. The molecule has 0 saturated heterocycles. The molecule has 21 heavy (non-hydrogen) atoms. The molecule has 0 radical (unpaired) electrons. The molecule has 0 bridgehead atoms. The topological polar surface area (TPSA) is 52.0 Å². The van der Waals surface area contributed by atoms with Gasteiger partial charge in [0.05, 0.1) is 23.8 Å².